The monoisotopic (exact) mass is 145 g/mol. The van der Waals surface area contributed by atoms with E-state index in [1.165, 1.54) is 12.2 Å². The molecule has 1 atom stereocenters. The highest BCUT2D eigenvalue weighted by Crippen LogP contribution is 1.99. The minimum Gasteiger partial charge on any atom is -0.314 e. The van der Waals surface area contributed by atoms with Gasteiger partial charge in [0, 0.05) is 6.04 Å². The van der Waals surface area contributed by atoms with E-state index in [1.54, 1.807) is 0 Å². The molecule has 1 N–H and O–H groups in total. The van der Waals surface area contributed by atoms with E-state index >= 15 is 0 Å². The van der Waals surface area contributed by atoms with Crippen LogP contribution in [-0.2, 0) is 0 Å². The highest BCUT2D eigenvalue weighted by molar-refractivity contribution is 7.98. The summed E-state index contributed by atoms with van der Waals surface area (Å²) in [6.07, 6.45) is 5.26. The summed E-state index contributed by atoms with van der Waals surface area (Å²) < 4.78 is 0. The normalized spacial score (nSPS) is 13.1. The second kappa shape index (κ2) is 6.17. The van der Waals surface area contributed by atoms with Crippen molar-refractivity contribution in [2.24, 2.45) is 0 Å². The molecule has 0 saturated heterocycles. The standard InChI is InChI=1S/C7H15NS/c1-4-7(8-2)5-6-9-3/h4,7-8H,1,5-6H2,2-3H3. The molecule has 0 aromatic carbocycles. The molecule has 0 aromatic heterocycles. The quantitative estimate of drug-likeness (QED) is 0.589. The summed E-state index contributed by atoms with van der Waals surface area (Å²) in [6, 6.07) is 0.498. The van der Waals surface area contributed by atoms with E-state index in [4.69, 9.17) is 0 Å². The molecule has 0 bridgehead atoms. The van der Waals surface area contributed by atoms with Crippen LogP contribution in [0.1, 0.15) is 6.42 Å². The highest BCUT2D eigenvalue weighted by atomic mass is 32.2. The molecule has 0 fully saturated rings. The van der Waals surface area contributed by atoms with Gasteiger partial charge in [0.15, 0.2) is 0 Å². The van der Waals surface area contributed by atoms with E-state index in [1.807, 2.05) is 24.9 Å². The summed E-state index contributed by atoms with van der Waals surface area (Å²) in [5.74, 6) is 1.21. The van der Waals surface area contributed by atoms with Crippen molar-refractivity contribution in [3.05, 3.63) is 12.7 Å². The van der Waals surface area contributed by atoms with E-state index < -0.39 is 0 Å². The first-order chi connectivity index (χ1) is 4.35. The lowest BCUT2D eigenvalue weighted by Crippen LogP contribution is -2.22. The van der Waals surface area contributed by atoms with Gasteiger partial charge in [-0.2, -0.15) is 11.8 Å². The summed E-state index contributed by atoms with van der Waals surface area (Å²) >= 11 is 1.87. The molecule has 0 aromatic rings. The molecule has 2 heteroatoms. The Kier molecular flexibility index (Phi) is 6.21. The second-order valence-corrected chi connectivity index (χ2v) is 2.90. The molecule has 0 aliphatic carbocycles. The van der Waals surface area contributed by atoms with Crippen molar-refractivity contribution >= 4 is 11.8 Å². The van der Waals surface area contributed by atoms with Crippen LogP contribution in [0.5, 0.6) is 0 Å². The predicted molar refractivity (Wildman–Crippen MR) is 46.0 cm³/mol. The molecule has 9 heavy (non-hydrogen) atoms. The maximum absolute atomic E-state index is 3.71. The van der Waals surface area contributed by atoms with Crippen LogP contribution in [0.2, 0.25) is 0 Å². The van der Waals surface area contributed by atoms with E-state index in [-0.39, 0.29) is 0 Å². The maximum atomic E-state index is 3.71. The highest BCUT2D eigenvalue weighted by Gasteiger charge is 1.96. The third-order valence-electron chi connectivity index (χ3n) is 1.29. The molecule has 1 unspecified atom stereocenters. The molecule has 0 heterocycles. The van der Waals surface area contributed by atoms with E-state index in [2.05, 4.69) is 18.2 Å². The van der Waals surface area contributed by atoms with Crippen LogP contribution in [0.25, 0.3) is 0 Å². The maximum Gasteiger partial charge on any atom is 0.0252 e. The third-order valence-corrected chi connectivity index (χ3v) is 1.93. The van der Waals surface area contributed by atoms with E-state index in [9.17, 15) is 0 Å². The van der Waals surface area contributed by atoms with Gasteiger partial charge in [-0.25, -0.2) is 0 Å². The van der Waals surface area contributed by atoms with Gasteiger partial charge >= 0.3 is 0 Å². The Morgan fingerprint density at radius 3 is 2.78 bits per heavy atom. The van der Waals surface area contributed by atoms with Crippen molar-refractivity contribution in [3.8, 4) is 0 Å². The van der Waals surface area contributed by atoms with Gasteiger partial charge in [0.1, 0.15) is 0 Å². The molecule has 0 saturated carbocycles. The van der Waals surface area contributed by atoms with Crippen LogP contribution >= 0.6 is 11.8 Å². The van der Waals surface area contributed by atoms with Crippen molar-refractivity contribution in [2.75, 3.05) is 19.1 Å². The fourth-order valence-electron chi connectivity index (χ4n) is 0.625. The Morgan fingerprint density at radius 1 is 1.78 bits per heavy atom. The largest absolute Gasteiger partial charge is 0.314 e. The molecule has 0 aliphatic rings. The first kappa shape index (κ1) is 9.05. The molecular formula is C7H15NS. The number of hydrogen-bond acceptors (Lipinski definition) is 2. The lowest BCUT2D eigenvalue weighted by Gasteiger charge is -2.08. The van der Waals surface area contributed by atoms with Gasteiger partial charge in [-0.05, 0) is 25.5 Å². The number of thioether (sulfide) groups is 1. The SMILES string of the molecule is C=CC(CCSC)NC. The summed E-state index contributed by atoms with van der Waals surface area (Å²) in [7, 11) is 1.96. The predicted octanol–water partition coefficient (Wildman–Crippen LogP) is 1.51. The zero-order valence-electron chi connectivity index (χ0n) is 6.18. The Balaban J connectivity index is 3.20. The Morgan fingerprint density at radius 2 is 2.44 bits per heavy atom. The molecule has 0 spiro atoms. The van der Waals surface area contributed by atoms with Crippen molar-refractivity contribution in [3.63, 3.8) is 0 Å². The Bertz CT molecular complexity index is 73.3. The van der Waals surface area contributed by atoms with Gasteiger partial charge in [0.2, 0.25) is 0 Å². The molecule has 0 rings (SSSR count). The summed E-state index contributed by atoms with van der Waals surface area (Å²) in [5.41, 5.74) is 0. The average molecular weight is 145 g/mol. The molecule has 54 valence electrons. The van der Waals surface area contributed by atoms with Gasteiger partial charge in [-0.1, -0.05) is 6.08 Å². The summed E-state index contributed by atoms with van der Waals surface area (Å²) in [6.45, 7) is 3.71. The first-order valence-corrected chi connectivity index (χ1v) is 4.53. The van der Waals surface area contributed by atoms with Gasteiger partial charge in [0.05, 0.1) is 0 Å². The molecule has 1 nitrogen and oxygen atoms in total. The topological polar surface area (TPSA) is 12.0 Å². The second-order valence-electron chi connectivity index (χ2n) is 1.91. The summed E-state index contributed by atoms with van der Waals surface area (Å²) in [4.78, 5) is 0. The Labute approximate surface area is 61.9 Å². The number of nitrogens with one attached hydrogen (secondary N) is 1. The average Bonchev–Trinajstić information content (AvgIpc) is 1.91. The lowest BCUT2D eigenvalue weighted by atomic mass is 10.2. The minimum atomic E-state index is 0.498. The molecule has 0 aliphatic heterocycles. The Hall–Kier alpha value is 0.0500. The minimum absolute atomic E-state index is 0.498. The van der Waals surface area contributed by atoms with Crippen molar-refractivity contribution < 1.29 is 0 Å². The fraction of sp³-hybridized carbons (Fsp3) is 0.714. The van der Waals surface area contributed by atoms with E-state index in [0.29, 0.717) is 6.04 Å². The van der Waals surface area contributed by atoms with Crippen LogP contribution in [-0.4, -0.2) is 25.1 Å². The van der Waals surface area contributed by atoms with Gasteiger partial charge < -0.3 is 5.32 Å². The zero-order valence-corrected chi connectivity index (χ0v) is 7.00. The smallest absolute Gasteiger partial charge is 0.0252 e. The zero-order chi connectivity index (χ0) is 7.11. The van der Waals surface area contributed by atoms with Crippen LogP contribution in [0.4, 0.5) is 0 Å². The third kappa shape index (κ3) is 4.55. The molecule has 0 radical (unpaired) electrons. The van der Waals surface area contributed by atoms with Crippen molar-refractivity contribution in [1.82, 2.24) is 5.32 Å². The molecule has 0 amide bonds. The van der Waals surface area contributed by atoms with Crippen LogP contribution < -0.4 is 5.32 Å². The van der Waals surface area contributed by atoms with Crippen LogP contribution in [0, 0.1) is 0 Å². The number of rotatable bonds is 5. The van der Waals surface area contributed by atoms with Gasteiger partial charge in [-0.3, -0.25) is 0 Å². The van der Waals surface area contributed by atoms with Crippen molar-refractivity contribution in [2.45, 2.75) is 12.5 Å². The van der Waals surface area contributed by atoms with Gasteiger partial charge in [-0.15, -0.1) is 6.58 Å². The summed E-state index contributed by atoms with van der Waals surface area (Å²) in [5, 5.41) is 3.16. The fourth-order valence-corrected chi connectivity index (χ4v) is 1.11. The van der Waals surface area contributed by atoms with Crippen LogP contribution in [0.15, 0.2) is 12.7 Å². The molecular weight excluding hydrogens is 130 g/mol. The number of likely N-dealkylation sites (N-methyl/N-ethyl adjacent to an activating group) is 1. The van der Waals surface area contributed by atoms with Crippen LogP contribution in [0.3, 0.4) is 0 Å². The van der Waals surface area contributed by atoms with Crippen molar-refractivity contribution in [1.29, 1.82) is 0 Å². The first-order valence-electron chi connectivity index (χ1n) is 3.14. The van der Waals surface area contributed by atoms with Gasteiger partial charge in [0.25, 0.3) is 0 Å². The number of hydrogen-bond donors (Lipinski definition) is 1. The van der Waals surface area contributed by atoms with E-state index in [0.717, 1.165) is 0 Å². The lowest BCUT2D eigenvalue weighted by molar-refractivity contribution is 0.654.